The van der Waals surface area contributed by atoms with Gasteiger partial charge in [-0.1, -0.05) is 64.4 Å². The highest BCUT2D eigenvalue weighted by Gasteiger charge is 2.50. The Balaban J connectivity index is 1.34. The number of amides is 1. The van der Waals surface area contributed by atoms with Gasteiger partial charge >= 0.3 is 0 Å². The topological polar surface area (TPSA) is 98.0 Å². The van der Waals surface area contributed by atoms with E-state index in [9.17, 15) is 9.59 Å². The van der Waals surface area contributed by atoms with Gasteiger partial charge < -0.3 is 9.84 Å². The molecule has 1 aromatic carbocycles. The van der Waals surface area contributed by atoms with Gasteiger partial charge in [0.1, 0.15) is 5.82 Å². The second kappa shape index (κ2) is 9.51. The first-order valence-electron chi connectivity index (χ1n) is 13.3. The van der Waals surface area contributed by atoms with Crippen molar-refractivity contribution >= 4 is 17.5 Å². The van der Waals surface area contributed by atoms with Gasteiger partial charge in [-0.05, 0) is 71.4 Å². The van der Waals surface area contributed by atoms with Crippen molar-refractivity contribution in [3.63, 3.8) is 0 Å². The molecule has 0 spiro atoms. The molecule has 37 heavy (non-hydrogen) atoms. The number of pyridine rings is 1. The van der Waals surface area contributed by atoms with Gasteiger partial charge in [-0.3, -0.25) is 9.59 Å². The number of carbonyl (C=O) groups excluding carboxylic acids is 2. The first-order chi connectivity index (χ1) is 17.5. The predicted octanol–water partition coefficient (Wildman–Crippen LogP) is 6.50. The molecule has 3 aromatic rings. The number of carbonyl (C=O) groups is 2. The Morgan fingerprint density at radius 2 is 1.86 bits per heavy atom. The second-order valence-corrected chi connectivity index (χ2v) is 12.3. The Hall–Kier alpha value is -3.35. The van der Waals surface area contributed by atoms with Crippen LogP contribution in [0.15, 0.2) is 41.1 Å². The van der Waals surface area contributed by atoms with Crippen LogP contribution in [-0.4, -0.2) is 26.8 Å². The molecule has 0 unspecified atom stereocenters. The quantitative estimate of drug-likeness (QED) is 0.307. The molecule has 2 atom stereocenters. The minimum absolute atomic E-state index is 0.0416. The average Bonchev–Trinajstić information content (AvgIpc) is 3.28. The van der Waals surface area contributed by atoms with Gasteiger partial charge in [0, 0.05) is 24.0 Å². The van der Waals surface area contributed by atoms with Gasteiger partial charge in [0.15, 0.2) is 5.82 Å². The zero-order valence-corrected chi connectivity index (χ0v) is 22.4. The van der Waals surface area contributed by atoms with E-state index in [0.29, 0.717) is 18.1 Å². The number of aromatic nitrogens is 3. The Morgan fingerprint density at radius 3 is 2.57 bits per heavy atom. The van der Waals surface area contributed by atoms with Crippen LogP contribution in [-0.2, 0) is 16.6 Å². The molecule has 7 nitrogen and oxygen atoms in total. The lowest BCUT2D eigenvalue weighted by molar-refractivity contribution is -0.118. The molecule has 2 aromatic heterocycles. The third kappa shape index (κ3) is 5.50. The summed E-state index contributed by atoms with van der Waals surface area (Å²) in [4.78, 5) is 34.3. The molecule has 1 amide bonds. The number of hydrogen-bond donors (Lipinski definition) is 1. The standard InChI is InChI=1S/C30H36N4O3/c1-29(2,3)28-33-27(37-34-28)24(35)15-21-9-7-6-8-20-14-18(10-11-22(20)21)19-12-13-31-25(16-19)32-26(36)23-17-30(23,4)5/h10-14,16,21,23H,6-9,15,17H2,1-5H3,(H,31,32,36)/t21-,23-/m0/s1. The summed E-state index contributed by atoms with van der Waals surface area (Å²) in [7, 11) is 0. The van der Waals surface area contributed by atoms with Crippen LogP contribution in [0.1, 0.15) is 100 Å². The van der Waals surface area contributed by atoms with E-state index in [2.05, 4.69) is 52.5 Å². The highest BCUT2D eigenvalue weighted by atomic mass is 16.5. The molecular formula is C30H36N4O3. The van der Waals surface area contributed by atoms with E-state index < -0.39 is 0 Å². The van der Waals surface area contributed by atoms with E-state index in [4.69, 9.17) is 4.52 Å². The minimum Gasteiger partial charge on any atom is -0.331 e. The van der Waals surface area contributed by atoms with E-state index >= 15 is 0 Å². The van der Waals surface area contributed by atoms with Crippen LogP contribution in [0.3, 0.4) is 0 Å². The molecule has 0 aliphatic heterocycles. The second-order valence-electron chi connectivity index (χ2n) is 12.3. The zero-order chi connectivity index (χ0) is 26.4. The molecule has 1 saturated carbocycles. The highest BCUT2D eigenvalue weighted by Crippen LogP contribution is 2.52. The molecule has 7 heteroatoms. The van der Waals surface area contributed by atoms with Crippen molar-refractivity contribution in [2.75, 3.05) is 5.32 Å². The number of fused-ring (bicyclic) bond motifs is 1. The number of nitrogens with one attached hydrogen (secondary N) is 1. The molecule has 2 aliphatic carbocycles. The average molecular weight is 501 g/mol. The van der Waals surface area contributed by atoms with Crippen LogP contribution >= 0.6 is 0 Å². The van der Waals surface area contributed by atoms with Gasteiger partial charge in [0.2, 0.25) is 11.7 Å². The predicted molar refractivity (Wildman–Crippen MR) is 142 cm³/mol. The maximum Gasteiger partial charge on any atom is 0.294 e. The molecule has 5 rings (SSSR count). The largest absolute Gasteiger partial charge is 0.331 e. The van der Waals surface area contributed by atoms with Crippen molar-refractivity contribution in [1.82, 2.24) is 15.1 Å². The summed E-state index contributed by atoms with van der Waals surface area (Å²) in [5, 5.41) is 7.01. The van der Waals surface area contributed by atoms with Gasteiger partial charge in [-0.15, -0.1) is 0 Å². The molecule has 0 bridgehead atoms. The van der Waals surface area contributed by atoms with E-state index in [0.717, 1.165) is 43.2 Å². The smallest absolute Gasteiger partial charge is 0.294 e. The number of aryl methyl sites for hydroxylation is 1. The van der Waals surface area contributed by atoms with Gasteiger partial charge in [0.25, 0.3) is 5.89 Å². The lowest BCUT2D eigenvalue weighted by Crippen LogP contribution is -2.17. The maximum atomic E-state index is 13.0. The molecule has 194 valence electrons. The molecule has 2 aliphatic rings. The first kappa shape index (κ1) is 25.3. The summed E-state index contributed by atoms with van der Waals surface area (Å²) in [5.41, 5.74) is 4.41. The van der Waals surface area contributed by atoms with Gasteiger partial charge in [-0.25, -0.2) is 4.98 Å². The summed E-state index contributed by atoms with van der Waals surface area (Å²) in [6.45, 7) is 10.2. The molecule has 2 heterocycles. The number of Topliss-reactive ketones (excluding diaryl/α,β-unsaturated/α-hetero) is 1. The van der Waals surface area contributed by atoms with Crippen molar-refractivity contribution in [2.45, 2.75) is 84.5 Å². The number of hydrogen-bond acceptors (Lipinski definition) is 6. The summed E-state index contributed by atoms with van der Waals surface area (Å²) in [5.74, 6) is 1.36. The minimum atomic E-state index is -0.266. The molecule has 0 radical (unpaired) electrons. The van der Waals surface area contributed by atoms with Gasteiger partial charge in [0.05, 0.1) is 0 Å². The fraction of sp³-hybridized carbons (Fsp3) is 0.500. The Labute approximate surface area is 218 Å². The van der Waals surface area contributed by atoms with Crippen molar-refractivity contribution in [1.29, 1.82) is 0 Å². The normalized spacial score (nSPS) is 20.6. The summed E-state index contributed by atoms with van der Waals surface area (Å²) in [6.07, 6.45) is 7.12. The van der Waals surface area contributed by atoms with Crippen LogP contribution in [0.4, 0.5) is 5.82 Å². The Bertz CT molecular complexity index is 1330. The van der Waals surface area contributed by atoms with E-state index in [1.165, 1.54) is 11.1 Å². The number of anilines is 1. The van der Waals surface area contributed by atoms with Gasteiger partial charge in [-0.2, -0.15) is 4.98 Å². The SMILES string of the molecule is CC(C)(C)c1noc(C(=O)C[C@@H]2CCCCc3cc(-c4ccnc(NC(=O)[C@@H]5CC5(C)C)c4)ccc32)n1. The molecule has 1 N–H and O–H groups in total. The van der Waals surface area contributed by atoms with Crippen molar-refractivity contribution in [3.8, 4) is 11.1 Å². The molecule has 1 fully saturated rings. The Kier molecular flexibility index (Phi) is 6.50. The van der Waals surface area contributed by atoms with Crippen LogP contribution in [0, 0.1) is 11.3 Å². The number of benzene rings is 1. The maximum absolute atomic E-state index is 13.0. The summed E-state index contributed by atoms with van der Waals surface area (Å²) >= 11 is 0. The third-order valence-electron chi connectivity index (χ3n) is 7.77. The summed E-state index contributed by atoms with van der Waals surface area (Å²) < 4.78 is 5.31. The number of rotatable bonds is 6. The third-order valence-corrected chi connectivity index (χ3v) is 7.77. The lowest BCUT2D eigenvalue weighted by atomic mass is 9.87. The lowest BCUT2D eigenvalue weighted by Gasteiger charge is -2.17. The molecule has 0 saturated heterocycles. The van der Waals surface area contributed by atoms with Crippen LogP contribution in [0.5, 0.6) is 0 Å². The van der Waals surface area contributed by atoms with E-state index in [1.807, 2.05) is 32.9 Å². The Morgan fingerprint density at radius 1 is 1.11 bits per heavy atom. The number of ketones is 1. The fourth-order valence-electron chi connectivity index (χ4n) is 5.23. The van der Waals surface area contributed by atoms with E-state index in [1.54, 1.807) is 6.20 Å². The van der Waals surface area contributed by atoms with Crippen LogP contribution in [0.25, 0.3) is 11.1 Å². The fourth-order valence-corrected chi connectivity index (χ4v) is 5.23. The van der Waals surface area contributed by atoms with Crippen LogP contribution < -0.4 is 5.32 Å². The van der Waals surface area contributed by atoms with E-state index in [-0.39, 0.29) is 40.2 Å². The van der Waals surface area contributed by atoms with Crippen molar-refractivity contribution < 1.29 is 14.1 Å². The van der Waals surface area contributed by atoms with Crippen LogP contribution in [0.2, 0.25) is 0 Å². The zero-order valence-electron chi connectivity index (χ0n) is 22.4. The summed E-state index contributed by atoms with van der Waals surface area (Å²) in [6, 6.07) is 10.4. The van der Waals surface area contributed by atoms with Crippen molar-refractivity contribution in [2.24, 2.45) is 11.3 Å². The monoisotopic (exact) mass is 500 g/mol. The van der Waals surface area contributed by atoms with Crippen molar-refractivity contribution in [3.05, 3.63) is 59.4 Å². The number of nitrogens with zero attached hydrogens (tertiary/aromatic N) is 3. The first-order valence-corrected chi connectivity index (χ1v) is 13.3. The molecular weight excluding hydrogens is 464 g/mol. The highest BCUT2D eigenvalue weighted by molar-refractivity contribution is 5.94.